The Kier molecular flexibility index (Phi) is 6.07. The van der Waals surface area contributed by atoms with Gasteiger partial charge in [0.1, 0.15) is 11.4 Å². The van der Waals surface area contributed by atoms with Gasteiger partial charge in [-0.15, -0.1) is 0 Å². The first-order valence-corrected chi connectivity index (χ1v) is 10.1. The van der Waals surface area contributed by atoms with E-state index in [1.54, 1.807) is 0 Å². The number of fused-ring (bicyclic) bond motifs is 1. The molecule has 2 unspecified atom stereocenters. The third-order valence-corrected chi connectivity index (χ3v) is 5.36. The Morgan fingerprint density at radius 2 is 2.12 bits per heavy atom. The normalized spacial score (nSPS) is 25.5. The molecular formula is C21H34N4O. The van der Waals surface area contributed by atoms with E-state index in [-0.39, 0.29) is 11.6 Å². The summed E-state index contributed by atoms with van der Waals surface area (Å²) in [6, 6.07) is 8.55. The van der Waals surface area contributed by atoms with E-state index in [0.29, 0.717) is 5.92 Å². The molecule has 0 spiro atoms. The minimum Gasteiger partial charge on any atom is -0.487 e. The number of para-hydroxylation sites is 1. The lowest BCUT2D eigenvalue weighted by Crippen LogP contribution is -2.45. The van der Waals surface area contributed by atoms with Crippen LogP contribution in [0.1, 0.15) is 52.1 Å². The molecule has 2 N–H and O–H groups in total. The molecule has 2 aliphatic heterocycles. The maximum atomic E-state index is 6.15. The molecule has 2 heterocycles. The molecule has 0 radical (unpaired) electrons. The molecule has 144 valence electrons. The van der Waals surface area contributed by atoms with E-state index in [9.17, 15) is 0 Å². The van der Waals surface area contributed by atoms with Crippen LogP contribution in [0, 0.1) is 5.92 Å². The van der Waals surface area contributed by atoms with Gasteiger partial charge >= 0.3 is 0 Å². The number of nitrogens with zero attached hydrogens (tertiary/aromatic N) is 2. The van der Waals surface area contributed by atoms with Crippen molar-refractivity contribution in [1.82, 2.24) is 15.5 Å². The van der Waals surface area contributed by atoms with Crippen LogP contribution in [0.2, 0.25) is 0 Å². The molecule has 5 nitrogen and oxygen atoms in total. The van der Waals surface area contributed by atoms with E-state index >= 15 is 0 Å². The van der Waals surface area contributed by atoms with Gasteiger partial charge in [-0.2, -0.15) is 0 Å². The van der Waals surface area contributed by atoms with Crippen LogP contribution < -0.4 is 15.4 Å². The molecule has 26 heavy (non-hydrogen) atoms. The summed E-state index contributed by atoms with van der Waals surface area (Å²) in [6.07, 6.45) is 2.17. The fourth-order valence-electron chi connectivity index (χ4n) is 3.99. The summed E-state index contributed by atoms with van der Waals surface area (Å²) in [5.41, 5.74) is 1.03. The van der Waals surface area contributed by atoms with Crippen LogP contribution in [0.5, 0.6) is 5.75 Å². The molecule has 0 amide bonds. The lowest BCUT2D eigenvalue weighted by molar-refractivity contribution is 0.0694. The number of hydrogen-bond donors (Lipinski definition) is 2. The van der Waals surface area contributed by atoms with Gasteiger partial charge in [0.05, 0.1) is 6.04 Å². The first-order valence-electron chi connectivity index (χ1n) is 10.1. The first kappa shape index (κ1) is 19.0. The maximum absolute atomic E-state index is 6.15. The predicted molar refractivity (Wildman–Crippen MR) is 108 cm³/mol. The van der Waals surface area contributed by atoms with E-state index in [1.165, 1.54) is 25.1 Å². The van der Waals surface area contributed by atoms with Crippen molar-refractivity contribution >= 4 is 5.96 Å². The predicted octanol–water partition coefficient (Wildman–Crippen LogP) is 3.19. The van der Waals surface area contributed by atoms with Crippen LogP contribution in [0.15, 0.2) is 29.3 Å². The summed E-state index contributed by atoms with van der Waals surface area (Å²) in [7, 11) is 0. The lowest BCUT2D eigenvalue weighted by atomic mass is 9.90. The Morgan fingerprint density at radius 3 is 2.85 bits per heavy atom. The van der Waals surface area contributed by atoms with E-state index < -0.39 is 0 Å². The SMILES string of the molecule is CCNC(=NCC1CCN(CC)C1)NC1CC(C)(C)Oc2ccccc21. The summed E-state index contributed by atoms with van der Waals surface area (Å²) in [5.74, 6) is 2.57. The highest BCUT2D eigenvalue weighted by Gasteiger charge is 2.34. The number of guanidine groups is 1. The molecule has 1 aromatic carbocycles. The van der Waals surface area contributed by atoms with Gasteiger partial charge < -0.3 is 20.3 Å². The van der Waals surface area contributed by atoms with Gasteiger partial charge in [0.15, 0.2) is 5.96 Å². The zero-order valence-electron chi connectivity index (χ0n) is 16.7. The highest BCUT2D eigenvalue weighted by Crippen LogP contribution is 2.39. The summed E-state index contributed by atoms with van der Waals surface area (Å²) in [5, 5.41) is 7.08. The molecule has 3 rings (SSSR count). The topological polar surface area (TPSA) is 48.9 Å². The summed E-state index contributed by atoms with van der Waals surface area (Å²) in [4.78, 5) is 7.42. The average molecular weight is 359 g/mol. The number of rotatable bonds is 5. The number of hydrogen-bond acceptors (Lipinski definition) is 3. The number of likely N-dealkylation sites (tertiary alicyclic amines) is 1. The zero-order chi connectivity index (χ0) is 18.6. The average Bonchev–Trinajstić information content (AvgIpc) is 3.07. The third-order valence-electron chi connectivity index (χ3n) is 5.36. The quantitative estimate of drug-likeness (QED) is 0.627. The zero-order valence-corrected chi connectivity index (χ0v) is 16.7. The Morgan fingerprint density at radius 1 is 1.31 bits per heavy atom. The van der Waals surface area contributed by atoms with Gasteiger partial charge in [0, 0.05) is 31.6 Å². The summed E-state index contributed by atoms with van der Waals surface area (Å²) < 4.78 is 6.15. The summed E-state index contributed by atoms with van der Waals surface area (Å²) >= 11 is 0. The number of benzene rings is 1. The minimum atomic E-state index is -0.184. The highest BCUT2D eigenvalue weighted by molar-refractivity contribution is 5.80. The Balaban J connectivity index is 1.70. The Bertz CT molecular complexity index is 628. The van der Waals surface area contributed by atoms with Crippen LogP contribution >= 0.6 is 0 Å². The molecule has 2 aliphatic rings. The van der Waals surface area contributed by atoms with Crippen molar-refractivity contribution < 1.29 is 4.74 Å². The van der Waals surface area contributed by atoms with Crippen LogP contribution in [0.25, 0.3) is 0 Å². The van der Waals surface area contributed by atoms with E-state index in [4.69, 9.17) is 9.73 Å². The molecule has 1 aromatic rings. The molecule has 0 bridgehead atoms. The second-order valence-electron chi connectivity index (χ2n) is 8.07. The molecule has 2 atom stereocenters. The van der Waals surface area contributed by atoms with Crippen LogP contribution in [-0.2, 0) is 0 Å². The summed E-state index contributed by atoms with van der Waals surface area (Å²) in [6.45, 7) is 13.9. The smallest absolute Gasteiger partial charge is 0.191 e. The van der Waals surface area contributed by atoms with Crippen molar-refractivity contribution in [2.75, 3.05) is 32.7 Å². The van der Waals surface area contributed by atoms with Crippen molar-refractivity contribution in [2.24, 2.45) is 10.9 Å². The lowest BCUT2D eigenvalue weighted by Gasteiger charge is -2.38. The number of nitrogens with one attached hydrogen (secondary N) is 2. The van der Waals surface area contributed by atoms with Crippen molar-refractivity contribution in [3.05, 3.63) is 29.8 Å². The maximum Gasteiger partial charge on any atom is 0.191 e. The molecule has 0 aromatic heterocycles. The fraction of sp³-hybridized carbons (Fsp3) is 0.667. The Labute approximate surface area is 158 Å². The fourth-order valence-corrected chi connectivity index (χ4v) is 3.99. The van der Waals surface area contributed by atoms with Crippen molar-refractivity contribution in [3.8, 4) is 5.75 Å². The van der Waals surface area contributed by atoms with E-state index in [1.807, 2.05) is 6.07 Å². The number of aliphatic imine (C=N–C) groups is 1. The first-order chi connectivity index (χ1) is 12.5. The molecule has 0 aliphatic carbocycles. The molecule has 1 saturated heterocycles. The van der Waals surface area contributed by atoms with Gasteiger partial charge in [0.25, 0.3) is 0 Å². The van der Waals surface area contributed by atoms with Crippen molar-refractivity contribution in [2.45, 2.75) is 52.2 Å². The van der Waals surface area contributed by atoms with Gasteiger partial charge in [-0.1, -0.05) is 25.1 Å². The third kappa shape index (κ3) is 4.70. The van der Waals surface area contributed by atoms with Crippen molar-refractivity contribution in [3.63, 3.8) is 0 Å². The van der Waals surface area contributed by atoms with Gasteiger partial charge in [-0.05, 0) is 52.3 Å². The molecule has 0 saturated carbocycles. The van der Waals surface area contributed by atoms with Crippen molar-refractivity contribution in [1.29, 1.82) is 0 Å². The largest absolute Gasteiger partial charge is 0.487 e. The van der Waals surface area contributed by atoms with E-state index in [2.05, 4.69) is 61.4 Å². The standard InChI is InChI=1S/C21H34N4O/c1-5-22-20(23-14-16-11-12-25(6-2)15-16)24-18-13-21(3,4)26-19-10-8-7-9-17(18)19/h7-10,16,18H,5-6,11-15H2,1-4H3,(H2,22,23,24). The van der Waals surface area contributed by atoms with Gasteiger partial charge in [-0.3, -0.25) is 4.99 Å². The molecular weight excluding hydrogens is 324 g/mol. The monoisotopic (exact) mass is 358 g/mol. The van der Waals surface area contributed by atoms with Gasteiger partial charge in [0.2, 0.25) is 0 Å². The highest BCUT2D eigenvalue weighted by atomic mass is 16.5. The minimum absolute atomic E-state index is 0.184. The molecule has 5 heteroatoms. The second-order valence-corrected chi connectivity index (χ2v) is 8.07. The molecule has 1 fully saturated rings. The van der Waals surface area contributed by atoms with E-state index in [0.717, 1.165) is 37.8 Å². The van der Waals surface area contributed by atoms with Crippen LogP contribution in [-0.4, -0.2) is 49.2 Å². The van der Waals surface area contributed by atoms with Crippen LogP contribution in [0.3, 0.4) is 0 Å². The Hall–Kier alpha value is -1.75. The number of ether oxygens (including phenoxy) is 1. The second kappa shape index (κ2) is 8.30. The van der Waals surface area contributed by atoms with Crippen LogP contribution in [0.4, 0.5) is 0 Å². The van der Waals surface area contributed by atoms with Gasteiger partial charge in [-0.25, -0.2) is 0 Å².